The fourth-order valence-corrected chi connectivity index (χ4v) is 1.07. The van der Waals surface area contributed by atoms with Gasteiger partial charge in [0.2, 0.25) is 0 Å². The van der Waals surface area contributed by atoms with E-state index in [4.69, 9.17) is 10.8 Å². The van der Waals surface area contributed by atoms with Crippen LogP contribution < -0.4 is 5.73 Å². The van der Waals surface area contributed by atoms with Gasteiger partial charge in [0.15, 0.2) is 0 Å². The highest BCUT2D eigenvalue weighted by molar-refractivity contribution is 5.67. The molecular formula is C8H14F3NO3. The molecule has 0 aromatic carbocycles. The molecule has 0 saturated carbocycles. The number of hydrogen-bond donors (Lipinski definition) is 2. The highest BCUT2D eigenvalue weighted by Gasteiger charge is 2.28. The van der Waals surface area contributed by atoms with Gasteiger partial charge in [-0.1, -0.05) is 0 Å². The average molecular weight is 229 g/mol. The van der Waals surface area contributed by atoms with E-state index in [1.54, 1.807) is 0 Å². The van der Waals surface area contributed by atoms with E-state index >= 15 is 0 Å². The second-order valence-electron chi connectivity index (χ2n) is 3.17. The van der Waals surface area contributed by atoms with E-state index in [-0.39, 0.29) is 19.6 Å². The molecule has 0 aromatic rings. The van der Waals surface area contributed by atoms with Crippen LogP contribution in [0.25, 0.3) is 0 Å². The van der Waals surface area contributed by atoms with Crippen molar-refractivity contribution in [2.75, 3.05) is 19.8 Å². The molecular weight excluding hydrogens is 215 g/mol. The molecule has 0 unspecified atom stereocenters. The SMILES string of the molecule is NCC[C@@H](COCC(F)(F)F)CC(=O)O. The van der Waals surface area contributed by atoms with Crippen LogP contribution in [0.5, 0.6) is 0 Å². The maximum Gasteiger partial charge on any atom is 0.411 e. The largest absolute Gasteiger partial charge is 0.481 e. The first kappa shape index (κ1) is 14.2. The minimum atomic E-state index is -4.38. The minimum Gasteiger partial charge on any atom is -0.481 e. The minimum absolute atomic E-state index is 0.227. The molecule has 7 heteroatoms. The zero-order valence-electron chi connectivity index (χ0n) is 8.09. The number of aliphatic carboxylic acids is 1. The van der Waals surface area contributed by atoms with Crippen molar-refractivity contribution in [2.45, 2.75) is 19.0 Å². The van der Waals surface area contributed by atoms with Crippen LogP contribution in [0.4, 0.5) is 13.2 Å². The third kappa shape index (κ3) is 9.48. The molecule has 0 aliphatic rings. The molecule has 0 aliphatic heterocycles. The Morgan fingerprint density at radius 2 is 2.07 bits per heavy atom. The van der Waals surface area contributed by atoms with E-state index in [1.807, 2.05) is 0 Å². The molecule has 0 radical (unpaired) electrons. The van der Waals surface area contributed by atoms with Crippen LogP contribution in [0.2, 0.25) is 0 Å². The summed E-state index contributed by atoms with van der Waals surface area (Å²) in [7, 11) is 0. The van der Waals surface area contributed by atoms with Gasteiger partial charge in [0, 0.05) is 0 Å². The van der Waals surface area contributed by atoms with E-state index in [0.29, 0.717) is 6.42 Å². The molecule has 0 rings (SSSR count). The van der Waals surface area contributed by atoms with Gasteiger partial charge >= 0.3 is 12.1 Å². The molecule has 4 nitrogen and oxygen atoms in total. The van der Waals surface area contributed by atoms with Gasteiger partial charge in [-0.25, -0.2) is 0 Å². The number of carboxylic acid groups (broad SMARTS) is 1. The normalized spacial score (nSPS) is 13.9. The Kier molecular flexibility index (Phi) is 6.26. The first-order chi connectivity index (χ1) is 6.85. The van der Waals surface area contributed by atoms with E-state index in [0.717, 1.165) is 0 Å². The van der Waals surface area contributed by atoms with Crippen LogP contribution in [-0.2, 0) is 9.53 Å². The fraction of sp³-hybridized carbons (Fsp3) is 0.875. The van der Waals surface area contributed by atoms with Crippen LogP contribution in [0.3, 0.4) is 0 Å². The fourth-order valence-electron chi connectivity index (χ4n) is 1.07. The molecule has 90 valence electrons. The van der Waals surface area contributed by atoms with Crippen LogP contribution >= 0.6 is 0 Å². The maximum atomic E-state index is 11.7. The van der Waals surface area contributed by atoms with Crippen molar-refractivity contribution < 1.29 is 27.8 Å². The standard InChI is InChI=1S/C8H14F3NO3/c9-8(10,11)5-15-4-6(1-2-12)3-7(13)14/h6H,1-5,12H2,(H,13,14)/t6-/m1/s1. The molecule has 0 saturated heterocycles. The lowest BCUT2D eigenvalue weighted by Gasteiger charge is -2.14. The van der Waals surface area contributed by atoms with Gasteiger partial charge in [0.25, 0.3) is 0 Å². The van der Waals surface area contributed by atoms with Crippen molar-refractivity contribution >= 4 is 5.97 Å². The van der Waals surface area contributed by atoms with Gasteiger partial charge in [0.05, 0.1) is 13.0 Å². The van der Waals surface area contributed by atoms with Crippen LogP contribution in [0.15, 0.2) is 0 Å². The van der Waals surface area contributed by atoms with Gasteiger partial charge in [0.1, 0.15) is 6.61 Å². The van der Waals surface area contributed by atoms with Crippen LogP contribution in [-0.4, -0.2) is 37.0 Å². The van der Waals surface area contributed by atoms with Gasteiger partial charge < -0.3 is 15.6 Å². The van der Waals surface area contributed by atoms with Gasteiger partial charge in [-0.05, 0) is 18.9 Å². The lowest BCUT2D eigenvalue weighted by atomic mass is 10.0. The molecule has 0 spiro atoms. The summed E-state index contributed by atoms with van der Waals surface area (Å²) in [6.45, 7) is -1.36. The summed E-state index contributed by atoms with van der Waals surface area (Å²) in [5, 5.41) is 8.45. The van der Waals surface area contributed by atoms with Crippen molar-refractivity contribution in [2.24, 2.45) is 11.7 Å². The van der Waals surface area contributed by atoms with Gasteiger partial charge in [-0.2, -0.15) is 13.2 Å². The summed E-state index contributed by atoms with van der Waals surface area (Å²) >= 11 is 0. The Bertz CT molecular complexity index is 196. The number of ether oxygens (including phenoxy) is 1. The highest BCUT2D eigenvalue weighted by Crippen LogP contribution is 2.16. The number of alkyl halides is 3. The third-order valence-electron chi connectivity index (χ3n) is 1.66. The Morgan fingerprint density at radius 1 is 1.47 bits per heavy atom. The Hall–Kier alpha value is -0.820. The predicted octanol–water partition coefficient (Wildman–Crippen LogP) is 1.01. The average Bonchev–Trinajstić information content (AvgIpc) is 2.00. The second kappa shape index (κ2) is 6.62. The van der Waals surface area contributed by atoms with Gasteiger partial charge in [-0.3, -0.25) is 4.79 Å². The van der Waals surface area contributed by atoms with Crippen molar-refractivity contribution in [3.8, 4) is 0 Å². The number of carbonyl (C=O) groups is 1. The molecule has 15 heavy (non-hydrogen) atoms. The molecule has 0 aliphatic carbocycles. The Labute approximate surface area is 85.2 Å². The third-order valence-corrected chi connectivity index (χ3v) is 1.66. The van der Waals surface area contributed by atoms with Crippen molar-refractivity contribution in [1.29, 1.82) is 0 Å². The van der Waals surface area contributed by atoms with Crippen molar-refractivity contribution in [3.05, 3.63) is 0 Å². The summed E-state index contributed by atoms with van der Waals surface area (Å²) in [6.07, 6.45) is -4.27. The monoisotopic (exact) mass is 229 g/mol. The molecule has 3 N–H and O–H groups in total. The molecule has 0 bridgehead atoms. The lowest BCUT2D eigenvalue weighted by molar-refractivity contribution is -0.177. The van der Waals surface area contributed by atoms with E-state index in [1.165, 1.54) is 0 Å². The van der Waals surface area contributed by atoms with Gasteiger partial charge in [-0.15, -0.1) is 0 Å². The zero-order chi connectivity index (χ0) is 11.9. The molecule has 0 heterocycles. The number of rotatable bonds is 7. The molecule has 0 fully saturated rings. The van der Waals surface area contributed by atoms with Crippen molar-refractivity contribution in [3.63, 3.8) is 0 Å². The topological polar surface area (TPSA) is 72.5 Å². The quantitative estimate of drug-likeness (QED) is 0.683. The summed E-state index contributed by atoms with van der Waals surface area (Å²) in [6, 6.07) is 0. The first-order valence-corrected chi connectivity index (χ1v) is 4.41. The highest BCUT2D eigenvalue weighted by atomic mass is 19.4. The molecule has 1 atom stereocenters. The number of halogens is 3. The van der Waals surface area contributed by atoms with E-state index < -0.39 is 24.7 Å². The molecule has 0 aromatic heterocycles. The Balaban J connectivity index is 3.80. The summed E-state index contributed by atoms with van der Waals surface area (Å²) in [5.41, 5.74) is 5.19. The number of hydrogen-bond acceptors (Lipinski definition) is 3. The second-order valence-corrected chi connectivity index (χ2v) is 3.17. The maximum absolute atomic E-state index is 11.7. The predicted molar refractivity (Wildman–Crippen MR) is 46.3 cm³/mol. The summed E-state index contributed by atoms with van der Waals surface area (Å²) in [5.74, 6) is -1.53. The first-order valence-electron chi connectivity index (χ1n) is 4.41. The smallest absolute Gasteiger partial charge is 0.411 e. The van der Waals surface area contributed by atoms with E-state index in [9.17, 15) is 18.0 Å². The summed E-state index contributed by atoms with van der Waals surface area (Å²) < 4.78 is 39.4. The van der Waals surface area contributed by atoms with E-state index in [2.05, 4.69) is 4.74 Å². The molecule has 0 amide bonds. The zero-order valence-corrected chi connectivity index (χ0v) is 8.09. The van der Waals surface area contributed by atoms with Crippen LogP contribution in [0.1, 0.15) is 12.8 Å². The van der Waals surface area contributed by atoms with Crippen LogP contribution in [0, 0.1) is 5.92 Å². The van der Waals surface area contributed by atoms with Crippen molar-refractivity contribution in [1.82, 2.24) is 0 Å². The number of nitrogens with two attached hydrogens (primary N) is 1. The lowest BCUT2D eigenvalue weighted by Crippen LogP contribution is -2.23. The summed E-state index contributed by atoms with van der Waals surface area (Å²) in [4.78, 5) is 10.3. The number of carboxylic acids is 1. The Morgan fingerprint density at radius 3 is 2.47 bits per heavy atom.